The molecule has 0 bridgehead atoms. The van der Waals surface area contributed by atoms with E-state index in [-0.39, 0.29) is 24.5 Å². The Bertz CT molecular complexity index is 316. The molecule has 0 radical (unpaired) electrons. The number of piperidine rings is 1. The van der Waals surface area contributed by atoms with E-state index in [1.165, 1.54) is 0 Å². The Balaban J connectivity index is 2.63. The molecule has 1 fully saturated rings. The SMILES string of the molecule is CCN(C(=O)N(C)C1CCNCC1)C(C)CC(=O)O. The van der Waals surface area contributed by atoms with Gasteiger partial charge in [-0.2, -0.15) is 0 Å². The maximum Gasteiger partial charge on any atom is 0.320 e. The van der Waals surface area contributed by atoms with Crippen molar-refractivity contribution in [1.29, 1.82) is 0 Å². The van der Waals surface area contributed by atoms with E-state index in [4.69, 9.17) is 5.11 Å². The van der Waals surface area contributed by atoms with Gasteiger partial charge in [0, 0.05) is 25.7 Å². The lowest BCUT2D eigenvalue weighted by atomic mass is 10.1. The number of nitrogens with one attached hydrogen (secondary N) is 1. The van der Waals surface area contributed by atoms with Gasteiger partial charge in [-0.15, -0.1) is 0 Å². The van der Waals surface area contributed by atoms with Crippen LogP contribution in [0.4, 0.5) is 4.79 Å². The molecule has 0 spiro atoms. The molecule has 19 heavy (non-hydrogen) atoms. The van der Waals surface area contributed by atoms with E-state index in [0.29, 0.717) is 6.54 Å². The molecule has 1 rings (SSSR count). The first-order chi connectivity index (χ1) is 8.97. The zero-order valence-corrected chi connectivity index (χ0v) is 12.1. The molecule has 0 aliphatic carbocycles. The summed E-state index contributed by atoms with van der Waals surface area (Å²) in [6.45, 7) is 6.05. The predicted molar refractivity (Wildman–Crippen MR) is 73.1 cm³/mol. The monoisotopic (exact) mass is 271 g/mol. The third kappa shape index (κ3) is 4.38. The van der Waals surface area contributed by atoms with Gasteiger partial charge in [0.15, 0.2) is 0 Å². The lowest BCUT2D eigenvalue weighted by Crippen LogP contribution is -2.51. The molecular formula is C13H25N3O3. The lowest BCUT2D eigenvalue weighted by molar-refractivity contribution is -0.138. The molecule has 0 aromatic rings. The summed E-state index contributed by atoms with van der Waals surface area (Å²) >= 11 is 0. The molecule has 1 atom stereocenters. The van der Waals surface area contributed by atoms with Crippen molar-refractivity contribution in [2.75, 3.05) is 26.7 Å². The van der Waals surface area contributed by atoms with Gasteiger partial charge in [-0.25, -0.2) is 4.79 Å². The molecule has 1 heterocycles. The highest BCUT2D eigenvalue weighted by molar-refractivity contribution is 5.76. The normalized spacial score (nSPS) is 17.8. The number of carbonyl (C=O) groups excluding carboxylic acids is 1. The van der Waals surface area contributed by atoms with Gasteiger partial charge in [-0.1, -0.05) is 0 Å². The number of aliphatic carboxylic acids is 1. The Morgan fingerprint density at radius 1 is 1.37 bits per heavy atom. The Hall–Kier alpha value is -1.30. The van der Waals surface area contributed by atoms with Crippen LogP contribution in [0.15, 0.2) is 0 Å². The number of urea groups is 1. The second-order valence-corrected chi connectivity index (χ2v) is 5.11. The summed E-state index contributed by atoms with van der Waals surface area (Å²) in [6, 6.07) is -0.0952. The summed E-state index contributed by atoms with van der Waals surface area (Å²) in [5.41, 5.74) is 0. The van der Waals surface area contributed by atoms with Crippen molar-refractivity contribution in [2.24, 2.45) is 0 Å². The fourth-order valence-corrected chi connectivity index (χ4v) is 2.55. The number of carbonyl (C=O) groups is 2. The maximum absolute atomic E-state index is 12.4. The number of hydrogen-bond donors (Lipinski definition) is 2. The molecule has 110 valence electrons. The van der Waals surface area contributed by atoms with Crippen LogP contribution >= 0.6 is 0 Å². The number of rotatable bonds is 5. The van der Waals surface area contributed by atoms with Crippen molar-refractivity contribution in [3.8, 4) is 0 Å². The van der Waals surface area contributed by atoms with Crippen LogP contribution in [0.5, 0.6) is 0 Å². The van der Waals surface area contributed by atoms with Gasteiger partial charge in [0.2, 0.25) is 0 Å². The zero-order valence-electron chi connectivity index (χ0n) is 12.1. The number of carboxylic acids is 1. The minimum absolute atomic E-state index is 0.0142. The number of nitrogens with zero attached hydrogens (tertiary/aromatic N) is 2. The fraction of sp³-hybridized carbons (Fsp3) is 0.846. The van der Waals surface area contributed by atoms with Crippen LogP contribution in [0.2, 0.25) is 0 Å². The Labute approximate surface area is 114 Å². The third-order valence-electron chi connectivity index (χ3n) is 3.75. The molecule has 0 aromatic carbocycles. The Kier molecular flexibility index (Phi) is 6.08. The molecule has 6 heteroatoms. The van der Waals surface area contributed by atoms with Gasteiger partial charge in [-0.3, -0.25) is 4.79 Å². The van der Waals surface area contributed by atoms with Gasteiger partial charge < -0.3 is 20.2 Å². The topological polar surface area (TPSA) is 72.9 Å². The van der Waals surface area contributed by atoms with Crippen LogP contribution in [0, 0.1) is 0 Å². The van der Waals surface area contributed by atoms with Crippen LogP contribution in [-0.4, -0.2) is 65.7 Å². The third-order valence-corrected chi connectivity index (χ3v) is 3.75. The Morgan fingerprint density at radius 3 is 2.42 bits per heavy atom. The highest BCUT2D eigenvalue weighted by Crippen LogP contribution is 2.14. The van der Waals surface area contributed by atoms with E-state index in [1.807, 2.05) is 14.0 Å². The van der Waals surface area contributed by atoms with Gasteiger partial charge in [-0.05, 0) is 39.8 Å². The van der Waals surface area contributed by atoms with Crippen LogP contribution in [0.25, 0.3) is 0 Å². The van der Waals surface area contributed by atoms with Crippen LogP contribution in [0.3, 0.4) is 0 Å². The van der Waals surface area contributed by atoms with Crippen molar-refractivity contribution >= 4 is 12.0 Å². The van der Waals surface area contributed by atoms with E-state index in [9.17, 15) is 9.59 Å². The van der Waals surface area contributed by atoms with E-state index in [0.717, 1.165) is 25.9 Å². The minimum Gasteiger partial charge on any atom is -0.481 e. The summed E-state index contributed by atoms with van der Waals surface area (Å²) in [5, 5.41) is 12.1. The van der Waals surface area contributed by atoms with Crippen molar-refractivity contribution in [2.45, 2.75) is 45.2 Å². The summed E-state index contributed by atoms with van der Waals surface area (Å²) in [6.07, 6.45) is 1.89. The van der Waals surface area contributed by atoms with Crippen molar-refractivity contribution in [3.63, 3.8) is 0 Å². The van der Waals surface area contributed by atoms with Gasteiger partial charge in [0.1, 0.15) is 0 Å². The van der Waals surface area contributed by atoms with Crippen molar-refractivity contribution in [3.05, 3.63) is 0 Å². The molecule has 6 nitrogen and oxygen atoms in total. The summed E-state index contributed by atoms with van der Waals surface area (Å²) in [7, 11) is 1.81. The summed E-state index contributed by atoms with van der Waals surface area (Å²) < 4.78 is 0. The average Bonchev–Trinajstić information content (AvgIpc) is 2.38. The first kappa shape index (κ1) is 15.8. The van der Waals surface area contributed by atoms with Crippen molar-refractivity contribution in [1.82, 2.24) is 15.1 Å². The predicted octanol–water partition coefficient (Wildman–Crippen LogP) is 0.975. The molecule has 1 aliphatic heterocycles. The summed E-state index contributed by atoms with van der Waals surface area (Å²) in [4.78, 5) is 26.6. The second kappa shape index (κ2) is 7.33. The molecule has 0 aromatic heterocycles. The zero-order chi connectivity index (χ0) is 14.4. The highest BCUT2D eigenvalue weighted by Gasteiger charge is 2.28. The van der Waals surface area contributed by atoms with E-state index < -0.39 is 5.97 Å². The van der Waals surface area contributed by atoms with Gasteiger partial charge in [0.25, 0.3) is 0 Å². The molecule has 1 saturated heterocycles. The highest BCUT2D eigenvalue weighted by atomic mass is 16.4. The molecule has 2 N–H and O–H groups in total. The van der Waals surface area contributed by atoms with Gasteiger partial charge >= 0.3 is 12.0 Å². The standard InChI is InChI=1S/C13H25N3O3/c1-4-16(10(2)9-12(17)18)13(19)15(3)11-5-7-14-8-6-11/h10-11,14H,4-9H2,1-3H3,(H,17,18). The molecular weight excluding hydrogens is 246 g/mol. The number of hydrogen-bond acceptors (Lipinski definition) is 3. The van der Waals surface area contributed by atoms with E-state index in [2.05, 4.69) is 5.32 Å². The smallest absolute Gasteiger partial charge is 0.320 e. The molecule has 1 aliphatic rings. The number of carboxylic acid groups (broad SMARTS) is 1. The largest absolute Gasteiger partial charge is 0.481 e. The van der Waals surface area contributed by atoms with Crippen LogP contribution in [-0.2, 0) is 4.79 Å². The van der Waals surface area contributed by atoms with E-state index >= 15 is 0 Å². The molecule has 2 amide bonds. The van der Waals surface area contributed by atoms with Crippen LogP contribution in [0.1, 0.15) is 33.1 Å². The van der Waals surface area contributed by atoms with Crippen LogP contribution < -0.4 is 5.32 Å². The van der Waals surface area contributed by atoms with Crippen molar-refractivity contribution < 1.29 is 14.7 Å². The fourth-order valence-electron chi connectivity index (χ4n) is 2.55. The molecule has 0 saturated carbocycles. The maximum atomic E-state index is 12.4. The second-order valence-electron chi connectivity index (χ2n) is 5.11. The lowest BCUT2D eigenvalue weighted by Gasteiger charge is -2.37. The number of amides is 2. The molecule has 1 unspecified atom stereocenters. The quantitative estimate of drug-likeness (QED) is 0.781. The van der Waals surface area contributed by atoms with Gasteiger partial charge in [0.05, 0.1) is 6.42 Å². The first-order valence-electron chi connectivity index (χ1n) is 6.93. The summed E-state index contributed by atoms with van der Waals surface area (Å²) in [5.74, 6) is -0.872. The average molecular weight is 271 g/mol. The Morgan fingerprint density at radius 2 is 1.95 bits per heavy atom. The van der Waals surface area contributed by atoms with E-state index in [1.54, 1.807) is 16.7 Å². The minimum atomic E-state index is -0.872. The first-order valence-corrected chi connectivity index (χ1v) is 6.93.